The van der Waals surface area contributed by atoms with Crippen LogP contribution in [-0.4, -0.2) is 56.2 Å². The first-order valence-electron chi connectivity index (χ1n) is 7.44. The number of carbonyl (C=O) groups excluding carboxylic acids is 1. The highest BCUT2D eigenvalue weighted by Crippen LogP contribution is 2.14. The first kappa shape index (κ1) is 15.2. The number of morpholine rings is 1. The zero-order valence-electron chi connectivity index (χ0n) is 12.0. The lowest BCUT2D eigenvalue weighted by molar-refractivity contribution is -0.122. The smallest absolute Gasteiger partial charge is 0.237 e. The summed E-state index contributed by atoms with van der Waals surface area (Å²) in [5.41, 5.74) is 7.12. The van der Waals surface area contributed by atoms with Crippen molar-refractivity contribution in [3.8, 4) is 0 Å². The van der Waals surface area contributed by atoms with E-state index in [1.54, 1.807) is 0 Å². The minimum Gasteiger partial charge on any atom is -0.379 e. The van der Waals surface area contributed by atoms with Gasteiger partial charge in [-0.25, -0.2) is 0 Å². The molecule has 0 bridgehead atoms. The van der Waals surface area contributed by atoms with Crippen LogP contribution in [0.15, 0.2) is 23.8 Å². The number of carbonyl (C=O) groups is 1. The summed E-state index contributed by atoms with van der Waals surface area (Å²) in [5.74, 6) is -0.0573. The molecule has 1 fully saturated rings. The van der Waals surface area contributed by atoms with Gasteiger partial charge in [0, 0.05) is 26.2 Å². The van der Waals surface area contributed by atoms with Gasteiger partial charge in [0.25, 0.3) is 0 Å². The monoisotopic (exact) mass is 279 g/mol. The maximum atomic E-state index is 11.9. The molecule has 1 amide bonds. The normalized spacial score (nSPS) is 21.4. The van der Waals surface area contributed by atoms with Crippen molar-refractivity contribution in [3.05, 3.63) is 23.8 Å². The fourth-order valence-corrected chi connectivity index (χ4v) is 2.46. The molecule has 5 heteroatoms. The molecule has 0 spiro atoms. The molecule has 2 aliphatic rings. The lowest BCUT2D eigenvalue weighted by Gasteiger charge is -2.26. The van der Waals surface area contributed by atoms with Gasteiger partial charge in [0.05, 0.1) is 19.3 Å². The van der Waals surface area contributed by atoms with Crippen LogP contribution in [0, 0.1) is 0 Å². The fraction of sp³-hybridized carbons (Fsp3) is 0.667. The van der Waals surface area contributed by atoms with Gasteiger partial charge in [-0.3, -0.25) is 9.69 Å². The third-order valence-corrected chi connectivity index (χ3v) is 3.70. The standard InChI is InChI=1S/C15H25N3O2/c16-14(12-13-4-2-1-3-5-13)15(19)17-6-7-18-8-10-20-11-9-18/h2,4-5,14H,1,3,6-12,16H2,(H,17,19). The van der Waals surface area contributed by atoms with Crippen molar-refractivity contribution in [1.29, 1.82) is 0 Å². The van der Waals surface area contributed by atoms with Gasteiger partial charge in [-0.2, -0.15) is 0 Å². The van der Waals surface area contributed by atoms with Crippen LogP contribution in [0.3, 0.4) is 0 Å². The Kier molecular flexibility index (Phi) is 6.24. The van der Waals surface area contributed by atoms with Crippen molar-refractivity contribution in [2.24, 2.45) is 5.73 Å². The van der Waals surface area contributed by atoms with Crippen LogP contribution in [0.4, 0.5) is 0 Å². The number of allylic oxidation sites excluding steroid dienone is 3. The molecule has 0 aromatic rings. The molecule has 20 heavy (non-hydrogen) atoms. The molecule has 2 rings (SSSR count). The zero-order chi connectivity index (χ0) is 14.2. The molecule has 5 nitrogen and oxygen atoms in total. The number of nitrogens with zero attached hydrogens (tertiary/aromatic N) is 1. The minimum absolute atomic E-state index is 0.0573. The Hall–Kier alpha value is -1.17. The second kappa shape index (κ2) is 8.19. The van der Waals surface area contributed by atoms with E-state index in [0.29, 0.717) is 13.0 Å². The van der Waals surface area contributed by atoms with Crippen molar-refractivity contribution in [2.45, 2.75) is 25.3 Å². The largest absolute Gasteiger partial charge is 0.379 e. The number of nitrogens with two attached hydrogens (primary N) is 1. The summed E-state index contributed by atoms with van der Waals surface area (Å²) in [6, 6.07) is -0.450. The zero-order valence-corrected chi connectivity index (χ0v) is 12.0. The van der Waals surface area contributed by atoms with Gasteiger partial charge in [0.2, 0.25) is 5.91 Å². The molecule has 112 valence electrons. The maximum Gasteiger partial charge on any atom is 0.237 e. The van der Waals surface area contributed by atoms with E-state index in [2.05, 4.69) is 28.4 Å². The molecule has 3 N–H and O–H groups in total. The van der Waals surface area contributed by atoms with E-state index in [4.69, 9.17) is 10.5 Å². The maximum absolute atomic E-state index is 11.9. The molecule has 1 saturated heterocycles. The highest BCUT2D eigenvalue weighted by atomic mass is 16.5. The quantitative estimate of drug-likeness (QED) is 0.740. The molecule has 0 aromatic heterocycles. The van der Waals surface area contributed by atoms with Gasteiger partial charge in [0.15, 0.2) is 0 Å². The summed E-state index contributed by atoms with van der Waals surface area (Å²) in [6.07, 6.45) is 9.14. The molecule has 1 unspecified atom stereocenters. The Morgan fingerprint density at radius 1 is 1.40 bits per heavy atom. The average molecular weight is 279 g/mol. The van der Waals surface area contributed by atoms with Crippen molar-refractivity contribution in [1.82, 2.24) is 10.2 Å². The van der Waals surface area contributed by atoms with Crippen LogP contribution in [-0.2, 0) is 9.53 Å². The number of ether oxygens (including phenoxy) is 1. The van der Waals surface area contributed by atoms with E-state index in [9.17, 15) is 4.79 Å². The highest BCUT2D eigenvalue weighted by molar-refractivity contribution is 5.81. The van der Waals surface area contributed by atoms with Gasteiger partial charge < -0.3 is 15.8 Å². The molecular weight excluding hydrogens is 254 g/mol. The lowest BCUT2D eigenvalue weighted by atomic mass is 10.0. The van der Waals surface area contributed by atoms with Crippen molar-refractivity contribution in [2.75, 3.05) is 39.4 Å². The molecule has 1 aliphatic heterocycles. The molecule has 1 aliphatic carbocycles. The Bertz CT molecular complexity index is 373. The molecule has 1 atom stereocenters. The van der Waals surface area contributed by atoms with Crippen LogP contribution in [0.1, 0.15) is 19.3 Å². The van der Waals surface area contributed by atoms with Crippen molar-refractivity contribution < 1.29 is 9.53 Å². The van der Waals surface area contributed by atoms with Gasteiger partial charge in [0.1, 0.15) is 0 Å². The summed E-state index contributed by atoms with van der Waals surface area (Å²) < 4.78 is 5.29. The number of hydrogen-bond donors (Lipinski definition) is 2. The Labute approximate surface area is 120 Å². The van der Waals surface area contributed by atoms with Gasteiger partial charge >= 0.3 is 0 Å². The molecule has 1 heterocycles. The summed E-state index contributed by atoms with van der Waals surface area (Å²) in [5, 5.41) is 2.92. The summed E-state index contributed by atoms with van der Waals surface area (Å²) in [4.78, 5) is 14.2. The molecule has 0 aromatic carbocycles. The number of rotatable bonds is 6. The van der Waals surface area contributed by atoms with E-state index < -0.39 is 6.04 Å². The van der Waals surface area contributed by atoms with E-state index in [1.165, 1.54) is 5.57 Å². The summed E-state index contributed by atoms with van der Waals surface area (Å²) in [6.45, 7) is 4.98. The average Bonchev–Trinajstić information content (AvgIpc) is 2.49. The van der Waals surface area contributed by atoms with Crippen LogP contribution < -0.4 is 11.1 Å². The van der Waals surface area contributed by atoms with Gasteiger partial charge in [-0.05, 0) is 19.3 Å². The first-order chi connectivity index (χ1) is 9.75. The first-order valence-corrected chi connectivity index (χ1v) is 7.44. The van der Waals surface area contributed by atoms with Crippen LogP contribution in [0.25, 0.3) is 0 Å². The number of hydrogen-bond acceptors (Lipinski definition) is 4. The number of nitrogens with one attached hydrogen (secondary N) is 1. The molecule has 0 saturated carbocycles. The van der Waals surface area contributed by atoms with E-state index in [-0.39, 0.29) is 5.91 Å². The fourth-order valence-electron chi connectivity index (χ4n) is 2.46. The topological polar surface area (TPSA) is 67.6 Å². The number of amides is 1. The van der Waals surface area contributed by atoms with Crippen molar-refractivity contribution in [3.63, 3.8) is 0 Å². The van der Waals surface area contributed by atoms with Crippen molar-refractivity contribution >= 4 is 5.91 Å². The third-order valence-electron chi connectivity index (χ3n) is 3.70. The predicted molar refractivity (Wildman–Crippen MR) is 79.3 cm³/mol. The Balaban J connectivity index is 1.63. The predicted octanol–water partition coefficient (Wildman–Crippen LogP) is 0.429. The highest BCUT2D eigenvalue weighted by Gasteiger charge is 2.15. The summed E-state index contributed by atoms with van der Waals surface area (Å²) >= 11 is 0. The van der Waals surface area contributed by atoms with E-state index >= 15 is 0 Å². The summed E-state index contributed by atoms with van der Waals surface area (Å²) in [7, 11) is 0. The minimum atomic E-state index is -0.450. The lowest BCUT2D eigenvalue weighted by Crippen LogP contribution is -2.45. The van der Waals surface area contributed by atoms with Crippen LogP contribution in [0.2, 0.25) is 0 Å². The second-order valence-corrected chi connectivity index (χ2v) is 5.31. The third kappa shape index (κ3) is 5.07. The van der Waals surface area contributed by atoms with Crippen LogP contribution >= 0.6 is 0 Å². The molecule has 0 radical (unpaired) electrons. The van der Waals surface area contributed by atoms with Gasteiger partial charge in [-0.15, -0.1) is 0 Å². The Morgan fingerprint density at radius 2 is 2.20 bits per heavy atom. The second-order valence-electron chi connectivity index (χ2n) is 5.31. The van der Waals surface area contributed by atoms with E-state index in [1.807, 2.05) is 0 Å². The van der Waals surface area contributed by atoms with Gasteiger partial charge in [-0.1, -0.05) is 23.8 Å². The van der Waals surface area contributed by atoms with Crippen LogP contribution in [0.5, 0.6) is 0 Å². The SMILES string of the molecule is NC(CC1=CCCC=C1)C(=O)NCCN1CCOCC1. The Morgan fingerprint density at radius 3 is 2.90 bits per heavy atom. The molecular formula is C15H25N3O2. The van der Waals surface area contributed by atoms with E-state index in [0.717, 1.165) is 45.7 Å².